The number of hydrogen-bond acceptors (Lipinski definition) is 3. The fourth-order valence-corrected chi connectivity index (χ4v) is 2.83. The van der Waals surface area contributed by atoms with Crippen LogP contribution in [0.1, 0.15) is 18.9 Å². The van der Waals surface area contributed by atoms with E-state index in [0.717, 1.165) is 0 Å². The average Bonchev–Trinajstić information content (AvgIpc) is 2.42. The van der Waals surface area contributed by atoms with Gasteiger partial charge < -0.3 is 15.8 Å². The molecule has 8 heteroatoms. The largest absolute Gasteiger partial charge is 0.449 e. The monoisotopic (exact) mass is 336 g/mol. The molecule has 1 aliphatic heterocycles. The van der Waals surface area contributed by atoms with Crippen LogP contribution in [-0.4, -0.2) is 30.2 Å². The molecule has 1 aromatic carbocycles. The lowest BCUT2D eigenvalue weighted by Crippen LogP contribution is -2.71. The first-order chi connectivity index (χ1) is 10.2. The molecule has 2 unspecified atom stereocenters. The molecule has 4 nitrogen and oxygen atoms in total. The summed E-state index contributed by atoms with van der Waals surface area (Å²) in [6, 6.07) is 3.07. The van der Waals surface area contributed by atoms with Crippen molar-refractivity contribution in [3.63, 3.8) is 0 Å². The van der Waals surface area contributed by atoms with Crippen LogP contribution in [0.25, 0.3) is 0 Å². The molecule has 2 atom stereocenters. The Balaban J connectivity index is 2.32. The van der Waals surface area contributed by atoms with Crippen LogP contribution < -0.4 is 11.1 Å². The molecule has 1 saturated heterocycles. The van der Waals surface area contributed by atoms with Gasteiger partial charge in [0.05, 0.1) is 11.6 Å². The van der Waals surface area contributed by atoms with E-state index in [9.17, 15) is 18.0 Å². The highest BCUT2D eigenvalue weighted by Crippen LogP contribution is 2.37. The van der Waals surface area contributed by atoms with E-state index in [4.69, 9.17) is 17.3 Å². The Kier molecular flexibility index (Phi) is 4.58. The van der Waals surface area contributed by atoms with Gasteiger partial charge in [-0.1, -0.05) is 23.7 Å². The number of cyclic esters (lactones) is 1. The topological polar surface area (TPSA) is 64.3 Å². The lowest BCUT2D eigenvalue weighted by molar-refractivity contribution is -0.103. The summed E-state index contributed by atoms with van der Waals surface area (Å²) in [6.07, 6.45) is -1.34. The average molecular weight is 337 g/mol. The number of nitrogens with two attached hydrogens (primary N) is 1. The molecule has 1 aromatic rings. The summed E-state index contributed by atoms with van der Waals surface area (Å²) in [7, 11) is 0. The number of alkyl carbamates (subject to hydrolysis) is 1. The highest BCUT2D eigenvalue weighted by atomic mass is 35.5. The van der Waals surface area contributed by atoms with Gasteiger partial charge in [-0.3, -0.25) is 0 Å². The summed E-state index contributed by atoms with van der Waals surface area (Å²) < 4.78 is 46.8. The number of hydrogen-bond donors (Lipinski definition) is 2. The molecule has 22 heavy (non-hydrogen) atoms. The second-order valence-corrected chi connectivity index (χ2v) is 5.80. The van der Waals surface area contributed by atoms with Gasteiger partial charge in [-0.15, -0.1) is 0 Å². The standard InChI is InChI=1S/C14H16ClF3N2O2/c1-13(17,18)14(5-6-22-12(21)20-14)10(19)7-8-3-2-4-9(15)11(8)16/h2-4,10H,5-7,19H2,1H3,(H,20,21). The van der Waals surface area contributed by atoms with E-state index in [0.29, 0.717) is 6.92 Å². The molecule has 0 bridgehead atoms. The Morgan fingerprint density at radius 1 is 1.55 bits per heavy atom. The van der Waals surface area contributed by atoms with Crippen molar-refractivity contribution in [2.45, 2.75) is 37.3 Å². The van der Waals surface area contributed by atoms with Crippen LogP contribution in [0.4, 0.5) is 18.0 Å². The van der Waals surface area contributed by atoms with Crippen molar-refractivity contribution in [3.05, 3.63) is 34.6 Å². The molecule has 1 heterocycles. The predicted octanol–water partition coefficient (Wildman–Crippen LogP) is 2.87. The minimum absolute atomic E-state index is 0.113. The van der Waals surface area contributed by atoms with Gasteiger partial charge in [0.25, 0.3) is 5.92 Å². The van der Waals surface area contributed by atoms with E-state index < -0.39 is 29.4 Å². The number of amides is 1. The fourth-order valence-electron chi connectivity index (χ4n) is 2.64. The second kappa shape index (κ2) is 5.96. The molecule has 0 spiro atoms. The van der Waals surface area contributed by atoms with E-state index in [1.54, 1.807) is 0 Å². The van der Waals surface area contributed by atoms with Crippen LogP contribution in [0, 0.1) is 5.82 Å². The summed E-state index contributed by atoms with van der Waals surface area (Å²) in [5.41, 5.74) is 4.04. The van der Waals surface area contributed by atoms with Crippen molar-refractivity contribution < 1.29 is 22.7 Å². The molecular formula is C14H16ClF3N2O2. The Morgan fingerprint density at radius 3 is 2.82 bits per heavy atom. The normalized spacial score (nSPS) is 23.6. The third kappa shape index (κ3) is 3.01. The first-order valence-electron chi connectivity index (χ1n) is 6.68. The summed E-state index contributed by atoms with van der Waals surface area (Å²) in [6.45, 7) is 0.494. The number of ether oxygens (including phenoxy) is 1. The number of alkyl halides is 2. The quantitative estimate of drug-likeness (QED) is 0.888. The van der Waals surface area contributed by atoms with Crippen LogP contribution in [0.3, 0.4) is 0 Å². The third-order valence-corrected chi connectivity index (χ3v) is 4.23. The summed E-state index contributed by atoms with van der Waals surface area (Å²) in [5.74, 6) is -4.01. The zero-order chi connectivity index (χ0) is 16.5. The highest BCUT2D eigenvalue weighted by molar-refractivity contribution is 6.30. The van der Waals surface area contributed by atoms with Crippen LogP contribution in [0.5, 0.6) is 0 Å². The Hall–Kier alpha value is -1.47. The SMILES string of the molecule is CC(F)(F)C1(C(N)Cc2cccc(Cl)c2F)CCOC(=O)N1. The highest BCUT2D eigenvalue weighted by Gasteiger charge is 2.56. The van der Waals surface area contributed by atoms with Crippen molar-refractivity contribution in [2.24, 2.45) is 5.73 Å². The molecule has 122 valence electrons. The number of benzene rings is 1. The summed E-state index contributed by atoms with van der Waals surface area (Å²) in [4.78, 5) is 11.4. The van der Waals surface area contributed by atoms with Gasteiger partial charge in [0.15, 0.2) is 0 Å². The minimum atomic E-state index is -3.30. The number of halogens is 4. The first-order valence-corrected chi connectivity index (χ1v) is 7.06. The van der Waals surface area contributed by atoms with Gasteiger partial charge >= 0.3 is 6.09 Å². The van der Waals surface area contributed by atoms with E-state index in [2.05, 4.69) is 10.1 Å². The maximum absolute atomic E-state index is 14.1. The summed E-state index contributed by atoms with van der Waals surface area (Å²) in [5, 5.41) is 2.02. The van der Waals surface area contributed by atoms with Crippen LogP contribution in [-0.2, 0) is 11.2 Å². The third-order valence-electron chi connectivity index (χ3n) is 3.94. The molecule has 1 amide bonds. The second-order valence-electron chi connectivity index (χ2n) is 5.39. The number of nitrogens with one attached hydrogen (secondary N) is 1. The predicted molar refractivity (Wildman–Crippen MR) is 75.5 cm³/mol. The molecule has 0 aromatic heterocycles. The molecule has 2 rings (SSSR count). The summed E-state index contributed by atoms with van der Waals surface area (Å²) >= 11 is 5.68. The first kappa shape index (κ1) is 16.9. The van der Waals surface area contributed by atoms with E-state index in [1.165, 1.54) is 18.2 Å². The van der Waals surface area contributed by atoms with Gasteiger partial charge in [-0.25, -0.2) is 18.0 Å². The molecule has 1 fully saturated rings. The van der Waals surface area contributed by atoms with Gasteiger partial charge in [0.2, 0.25) is 0 Å². The Labute approximate surface area is 130 Å². The molecule has 1 aliphatic rings. The zero-order valence-electron chi connectivity index (χ0n) is 11.8. The maximum atomic E-state index is 14.1. The lowest BCUT2D eigenvalue weighted by atomic mass is 9.78. The number of carbonyl (C=O) groups is 1. The fraction of sp³-hybridized carbons (Fsp3) is 0.500. The molecule has 0 radical (unpaired) electrons. The van der Waals surface area contributed by atoms with Gasteiger partial charge in [-0.05, 0) is 18.1 Å². The van der Waals surface area contributed by atoms with Crippen molar-refractivity contribution in [3.8, 4) is 0 Å². The van der Waals surface area contributed by atoms with Crippen LogP contribution >= 0.6 is 11.6 Å². The Morgan fingerprint density at radius 2 is 2.23 bits per heavy atom. The maximum Gasteiger partial charge on any atom is 0.407 e. The zero-order valence-corrected chi connectivity index (χ0v) is 12.6. The minimum Gasteiger partial charge on any atom is -0.449 e. The van der Waals surface area contributed by atoms with E-state index >= 15 is 0 Å². The molecule has 3 N–H and O–H groups in total. The number of rotatable bonds is 4. The Bertz CT molecular complexity index is 580. The van der Waals surface area contributed by atoms with Crippen LogP contribution in [0.2, 0.25) is 5.02 Å². The lowest BCUT2D eigenvalue weighted by Gasteiger charge is -2.45. The van der Waals surface area contributed by atoms with Crippen molar-refractivity contribution >= 4 is 17.7 Å². The van der Waals surface area contributed by atoms with Gasteiger partial charge in [0, 0.05) is 19.4 Å². The molecular weight excluding hydrogens is 321 g/mol. The van der Waals surface area contributed by atoms with E-state index in [1.807, 2.05) is 0 Å². The van der Waals surface area contributed by atoms with Crippen LogP contribution in [0.15, 0.2) is 18.2 Å². The van der Waals surface area contributed by atoms with Gasteiger partial charge in [0.1, 0.15) is 11.4 Å². The molecule has 0 aliphatic carbocycles. The van der Waals surface area contributed by atoms with Crippen molar-refractivity contribution in [1.29, 1.82) is 0 Å². The van der Waals surface area contributed by atoms with Gasteiger partial charge in [-0.2, -0.15) is 0 Å². The smallest absolute Gasteiger partial charge is 0.407 e. The number of carbonyl (C=O) groups excluding carboxylic acids is 1. The van der Waals surface area contributed by atoms with Crippen molar-refractivity contribution in [2.75, 3.05) is 6.61 Å². The molecule has 0 saturated carbocycles. The van der Waals surface area contributed by atoms with E-state index in [-0.39, 0.29) is 30.0 Å². The van der Waals surface area contributed by atoms with Crippen molar-refractivity contribution in [1.82, 2.24) is 5.32 Å².